The van der Waals surface area contributed by atoms with Crippen LogP contribution in [0.2, 0.25) is 0 Å². The van der Waals surface area contributed by atoms with Crippen LogP contribution in [-0.2, 0) is 10.2 Å². The zero-order valence-electron chi connectivity index (χ0n) is 12.1. The molecule has 3 aliphatic heterocycles. The van der Waals surface area contributed by atoms with Gasteiger partial charge in [0.25, 0.3) is 0 Å². The minimum absolute atomic E-state index is 0.101. The first-order chi connectivity index (χ1) is 11.2. The summed E-state index contributed by atoms with van der Waals surface area (Å²) in [6.07, 6.45) is 0. The number of nitrogens with one attached hydrogen (secondary N) is 2. The molecule has 4 N–H and O–H groups in total. The van der Waals surface area contributed by atoms with Crippen LogP contribution < -0.4 is 16.4 Å². The lowest BCUT2D eigenvalue weighted by atomic mass is 9.68. The van der Waals surface area contributed by atoms with E-state index >= 15 is 0 Å². The maximum Gasteiger partial charge on any atom is 0.245 e. The number of amides is 1. The van der Waals surface area contributed by atoms with Gasteiger partial charge >= 0.3 is 0 Å². The van der Waals surface area contributed by atoms with Crippen molar-refractivity contribution in [3.05, 3.63) is 52.6 Å². The van der Waals surface area contributed by atoms with E-state index in [0.29, 0.717) is 30.2 Å². The van der Waals surface area contributed by atoms with Gasteiger partial charge in [0.15, 0.2) is 5.41 Å². The second-order valence-corrected chi connectivity index (χ2v) is 5.54. The Morgan fingerprint density at radius 1 is 1.22 bits per heavy atom. The molecule has 112 valence electrons. The van der Waals surface area contributed by atoms with Crippen LogP contribution in [0.5, 0.6) is 0 Å². The van der Waals surface area contributed by atoms with Gasteiger partial charge < -0.3 is 21.3 Å². The van der Waals surface area contributed by atoms with Gasteiger partial charge in [0.2, 0.25) is 5.91 Å². The number of rotatable bonds is 0. The summed E-state index contributed by atoms with van der Waals surface area (Å²) in [6, 6.07) is 11.3. The topological polar surface area (TPSA) is 118 Å². The van der Waals surface area contributed by atoms with E-state index in [1.807, 2.05) is 0 Å². The molecule has 0 bridgehead atoms. The Balaban J connectivity index is 2.14. The highest BCUT2D eigenvalue weighted by atomic mass is 16.2. The Labute approximate surface area is 132 Å². The summed E-state index contributed by atoms with van der Waals surface area (Å²) in [4.78, 5) is 14.6. The van der Waals surface area contributed by atoms with E-state index in [0.717, 1.165) is 0 Å². The number of nitrogens with two attached hydrogens (primary N) is 1. The van der Waals surface area contributed by atoms with Crippen molar-refractivity contribution in [1.29, 1.82) is 10.5 Å². The first-order valence-electron chi connectivity index (χ1n) is 7.13. The van der Waals surface area contributed by atoms with E-state index in [2.05, 4.69) is 22.8 Å². The highest BCUT2D eigenvalue weighted by Crippen LogP contribution is 2.51. The lowest BCUT2D eigenvalue weighted by molar-refractivity contribution is -0.118. The van der Waals surface area contributed by atoms with Crippen LogP contribution in [-0.4, -0.2) is 23.9 Å². The van der Waals surface area contributed by atoms with Crippen LogP contribution in [0.15, 0.2) is 47.1 Å². The normalized spacial score (nSPS) is 24.8. The number of para-hydroxylation sites is 1. The van der Waals surface area contributed by atoms with Gasteiger partial charge in [-0.05, 0) is 6.07 Å². The summed E-state index contributed by atoms with van der Waals surface area (Å²) in [5.41, 5.74) is 6.20. The number of carbonyl (C=O) groups is 1. The third-order valence-electron chi connectivity index (χ3n) is 4.57. The zero-order chi connectivity index (χ0) is 16.2. The first-order valence-corrected chi connectivity index (χ1v) is 7.13. The van der Waals surface area contributed by atoms with Gasteiger partial charge in [0.1, 0.15) is 23.8 Å². The summed E-state index contributed by atoms with van der Waals surface area (Å²) < 4.78 is 0. The van der Waals surface area contributed by atoms with Crippen molar-refractivity contribution < 1.29 is 4.79 Å². The molecule has 1 amide bonds. The third-order valence-corrected chi connectivity index (χ3v) is 4.57. The molecule has 1 fully saturated rings. The molecule has 1 atom stereocenters. The molecular formula is C16H12N6O. The smallest absolute Gasteiger partial charge is 0.245 e. The average molecular weight is 304 g/mol. The van der Waals surface area contributed by atoms with Crippen LogP contribution in [0.25, 0.3) is 0 Å². The molecular weight excluding hydrogens is 292 g/mol. The molecule has 3 aliphatic rings. The molecule has 4 rings (SSSR count). The van der Waals surface area contributed by atoms with Crippen molar-refractivity contribution >= 4 is 11.6 Å². The molecule has 0 aromatic heterocycles. The highest BCUT2D eigenvalue weighted by molar-refractivity contribution is 6.12. The molecule has 7 heteroatoms. The fourth-order valence-corrected chi connectivity index (χ4v) is 3.62. The van der Waals surface area contributed by atoms with E-state index < -0.39 is 11.3 Å². The van der Waals surface area contributed by atoms with Crippen LogP contribution in [0.4, 0.5) is 5.69 Å². The number of anilines is 1. The molecule has 1 aromatic carbocycles. The Hall–Kier alpha value is -3.45. The summed E-state index contributed by atoms with van der Waals surface area (Å²) >= 11 is 0. The van der Waals surface area contributed by atoms with Crippen molar-refractivity contribution in [3.8, 4) is 12.1 Å². The first kappa shape index (κ1) is 13.2. The van der Waals surface area contributed by atoms with E-state index in [1.54, 1.807) is 29.2 Å². The maximum atomic E-state index is 12.9. The van der Waals surface area contributed by atoms with Crippen molar-refractivity contribution in [2.45, 2.75) is 5.41 Å². The van der Waals surface area contributed by atoms with E-state index in [-0.39, 0.29) is 17.0 Å². The largest absolute Gasteiger partial charge is 0.384 e. The predicted molar refractivity (Wildman–Crippen MR) is 80.9 cm³/mol. The maximum absolute atomic E-state index is 12.9. The van der Waals surface area contributed by atoms with Crippen LogP contribution in [0.1, 0.15) is 5.56 Å². The number of nitriles is 2. The van der Waals surface area contributed by atoms with Gasteiger partial charge in [-0.15, -0.1) is 0 Å². The minimum Gasteiger partial charge on any atom is -0.384 e. The van der Waals surface area contributed by atoms with Crippen LogP contribution >= 0.6 is 0 Å². The molecule has 1 unspecified atom stereocenters. The van der Waals surface area contributed by atoms with Crippen molar-refractivity contribution in [1.82, 2.24) is 10.2 Å². The molecule has 1 saturated heterocycles. The molecule has 1 aromatic rings. The summed E-state index contributed by atoms with van der Waals surface area (Å²) in [7, 11) is 0. The SMILES string of the molecule is N#CC1=C(N)N2CCNC2=C(C#N)C12C(=O)Nc1ccccc12. The van der Waals surface area contributed by atoms with Crippen LogP contribution in [0.3, 0.4) is 0 Å². The second-order valence-electron chi connectivity index (χ2n) is 5.54. The third kappa shape index (κ3) is 1.34. The summed E-state index contributed by atoms with van der Waals surface area (Å²) in [5.74, 6) is 0.310. The standard InChI is InChI=1S/C16H12N6O/c17-7-10-13(19)22-6-5-20-14(22)11(8-18)16(10)9-3-1-2-4-12(9)21-15(16)23/h1-4,20H,5-6,19H2,(H,21,23). The highest BCUT2D eigenvalue weighted by Gasteiger charge is 2.58. The quantitative estimate of drug-likeness (QED) is 0.631. The van der Waals surface area contributed by atoms with Gasteiger partial charge in [-0.25, -0.2) is 0 Å². The van der Waals surface area contributed by atoms with Gasteiger partial charge in [0, 0.05) is 24.3 Å². The van der Waals surface area contributed by atoms with E-state index in [4.69, 9.17) is 5.73 Å². The molecule has 7 nitrogen and oxygen atoms in total. The van der Waals surface area contributed by atoms with Gasteiger partial charge in [0.05, 0.1) is 11.1 Å². The van der Waals surface area contributed by atoms with Gasteiger partial charge in [-0.2, -0.15) is 10.5 Å². The fourth-order valence-electron chi connectivity index (χ4n) is 3.62. The summed E-state index contributed by atoms with van der Waals surface area (Å²) in [5, 5.41) is 25.4. The Morgan fingerprint density at radius 2 is 1.96 bits per heavy atom. The molecule has 1 spiro atoms. The fraction of sp³-hybridized carbons (Fsp3) is 0.188. The number of hydrogen-bond donors (Lipinski definition) is 3. The van der Waals surface area contributed by atoms with Crippen molar-refractivity contribution in [3.63, 3.8) is 0 Å². The predicted octanol–water partition coefficient (Wildman–Crippen LogP) is 0.224. The lowest BCUT2D eigenvalue weighted by Crippen LogP contribution is -2.47. The van der Waals surface area contributed by atoms with Crippen LogP contribution in [0, 0.1) is 22.7 Å². The van der Waals surface area contributed by atoms with Gasteiger partial charge in [-0.3, -0.25) is 4.79 Å². The molecule has 0 aliphatic carbocycles. The number of fused-ring (bicyclic) bond motifs is 3. The lowest BCUT2D eigenvalue weighted by Gasteiger charge is -2.36. The number of carbonyl (C=O) groups excluding carboxylic acids is 1. The summed E-state index contributed by atoms with van der Waals surface area (Å²) in [6.45, 7) is 1.15. The van der Waals surface area contributed by atoms with Gasteiger partial charge in [-0.1, -0.05) is 18.2 Å². The Morgan fingerprint density at radius 3 is 2.70 bits per heavy atom. The molecule has 0 saturated carbocycles. The van der Waals surface area contributed by atoms with E-state index in [9.17, 15) is 15.3 Å². The zero-order valence-corrected chi connectivity index (χ0v) is 12.1. The molecule has 0 radical (unpaired) electrons. The Bertz CT molecular complexity index is 900. The van der Waals surface area contributed by atoms with E-state index in [1.165, 1.54) is 0 Å². The monoisotopic (exact) mass is 304 g/mol. The molecule has 3 heterocycles. The van der Waals surface area contributed by atoms with Crippen molar-refractivity contribution in [2.24, 2.45) is 5.73 Å². The molecule has 23 heavy (non-hydrogen) atoms. The number of hydrogen-bond acceptors (Lipinski definition) is 6. The van der Waals surface area contributed by atoms with Crippen molar-refractivity contribution in [2.75, 3.05) is 18.4 Å². The second kappa shape index (κ2) is 4.28. The number of nitrogens with zero attached hydrogens (tertiary/aromatic N) is 3. The minimum atomic E-state index is -1.48. The number of benzene rings is 1. The average Bonchev–Trinajstić information content (AvgIpc) is 3.14. The Kier molecular flexibility index (Phi) is 2.46.